The molecule has 0 amide bonds. The van der Waals surface area contributed by atoms with E-state index in [9.17, 15) is 10.1 Å². The van der Waals surface area contributed by atoms with Gasteiger partial charge in [-0.3, -0.25) is 10.1 Å². The van der Waals surface area contributed by atoms with Crippen molar-refractivity contribution in [1.29, 1.82) is 10.5 Å². The zero-order chi connectivity index (χ0) is 16.1. The van der Waals surface area contributed by atoms with Crippen molar-refractivity contribution in [2.24, 2.45) is 0 Å². The van der Waals surface area contributed by atoms with Crippen molar-refractivity contribution < 1.29 is 14.1 Å². The summed E-state index contributed by atoms with van der Waals surface area (Å²) >= 11 is 0. The molecule has 0 radical (unpaired) electrons. The van der Waals surface area contributed by atoms with Gasteiger partial charge >= 0.3 is 0 Å². The monoisotopic (exact) mass is 295 g/mol. The third-order valence-electron chi connectivity index (χ3n) is 2.81. The quantitative estimate of drug-likeness (QED) is 0.485. The summed E-state index contributed by atoms with van der Waals surface area (Å²) in [5.41, 5.74) is 0.206. The van der Waals surface area contributed by atoms with Crippen LogP contribution in [0, 0.1) is 32.8 Å². The van der Waals surface area contributed by atoms with Gasteiger partial charge in [0.25, 0.3) is 5.69 Å². The number of methoxy groups -OCH3 is 1. The number of rotatable bonds is 4. The standard InChI is InChI=1S/C15H9N3O4/c1-21-14-4-2-11(18(19)20)7-13(14)15-5-3-12(22-15)6-10(8-16)9-17/h2-7H,1H3. The molecule has 0 saturated carbocycles. The number of ether oxygens (including phenoxy) is 1. The Bertz CT molecular complexity index is 821. The summed E-state index contributed by atoms with van der Waals surface area (Å²) < 4.78 is 10.7. The summed E-state index contributed by atoms with van der Waals surface area (Å²) in [4.78, 5) is 10.3. The minimum absolute atomic E-state index is 0.0981. The molecule has 0 aliphatic rings. The van der Waals surface area contributed by atoms with E-state index in [1.807, 2.05) is 0 Å². The molecule has 2 rings (SSSR count). The molecule has 1 aromatic carbocycles. The summed E-state index contributed by atoms with van der Waals surface area (Å²) in [7, 11) is 1.44. The molecule has 0 unspecified atom stereocenters. The second-order valence-corrected chi connectivity index (χ2v) is 4.13. The van der Waals surface area contributed by atoms with Crippen LogP contribution in [0.2, 0.25) is 0 Å². The van der Waals surface area contributed by atoms with Crippen molar-refractivity contribution in [1.82, 2.24) is 0 Å². The molecular weight excluding hydrogens is 286 g/mol. The van der Waals surface area contributed by atoms with Crippen molar-refractivity contribution in [3.63, 3.8) is 0 Å². The number of furan rings is 1. The van der Waals surface area contributed by atoms with Crippen molar-refractivity contribution in [2.45, 2.75) is 0 Å². The first-order valence-corrected chi connectivity index (χ1v) is 6.03. The Hall–Kier alpha value is -3.58. The van der Waals surface area contributed by atoms with Crippen molar-refractivity contribution >= 4 is 11.8 Å². The summed E-state index contributed by atoms with van der Waals surface area (Å²) in [6.07, 6.45) is 1.29. The lowest BCUT2D eigenvalue weighted by molar-refractivity contribution is -0.384. The van der Waals surface area contributed by atoms with Crippen LogP contribution in [0.3, 0.4) is 0 Å². The fourth-order valence-electron chi connectivity index (χ4n) is 1.81. The number of nitro benzene ring substituents is 1. The van der Waals surface area contributed by atoms with Gasteiger partial charge in [-0.25, -0.2) is 0 Å². The molecule has 0 fully saturated rings. The molecule has 0 bridgehead atoms. The summed E-state index contributed by atoms with van der Waals surface area (Å²) in [6.45, 7) is 0. The van der Waals surface area contributed by atoms with Crippen molar-refractivity contribution in [3.05, 3.63) is 51.8 Å². The number of nitro groups is 1. The van der Waals surface area contributed by atoms with Crippen molar-refractivity contribution in [3.8, 4) is 29.2 Å². The zero-order valence-corrected chi connectivity index (χ0v) is 11.4. The molecule has 22 heavy (non-hydrogen) atoms. The number of hydrogen-bond acceptors (Lipinski definition) is 6. The third kappa shape index (κ3) is 2.94. The molecule has 108 valence electrons. The molecule has 0 saturated heterocycles. The minimum Gasteiger partial charge on any atom is -0.496 e. The van der Waals surface area contributed by atoms with Gasteiger partial charge in [-0.2, -0.15) is 10.5 Å². The predicted octanol–water partition coefficient (Wildman–Crippen LogP) is 3.29. The fourth-order valence-corrected chi connectivity index (χ4v) is 1.81. The highest BCUT2D eigenvalue weighted by atomic mass is 16.6. The molecule has 0 N–H and O–H groups in total. The van der Waals surface area contributed by atoms with Gasteiger partial charge in [0.2, 0.25) is 0 Å². The van der Waals surface area contributed by atoms with Gasteiger partial charge in [-0.15, -0.1) is 0 Å². The van der Waals surface area contributed by atoms with E-state index in [2.05, 4.69) is 0 Å². The Morgan fingerprint density at radius 2 is 2.05 bits per heavy atom. The second kappa shape index (κ2) is 6.25. The molecule has 1 aromatic heterocycles. The molecule has 7 heteroatoms. The van der Waals surface area contributed by atoms with E-state index in [4.69, 9.17) is 19.7 Å². The lowest BCUT2D eigenvalue weighted by atomic mass is 10.1. The maximum atomic E-state index is 10.9. The van der Waals surface area contributed by atoms with Crippen LogP contribution in [0.4, 0.5) is 5.69 Å². The van der Waals surface area contributed by atoms with E-state index >= 15 is 0 Å². The van der Waals surface area contributed by atoms with Crippen LogP contribution in [0.5, 0.6) is 5.75 Å². The summed E-state index contributed by atoms with van der Waals surface area (Å²) in [5, 5.41) is 28.3. The maximum Gasteiger partial charge on any atom is 0.270 e. The highest BCUT2D eigenvalue weighted by Crippen LogP contribution is 2.34. The van der Waals surface area contributed by atoms with Crippen LogP contribution in [0.1, 0.15) is 5.76 Å². The maximum absolute atomic E-state index is 10.9. The van der Waals surface area contributed by atoms with E-state index in [0.717, 1.165) is 0 Å². The van der Waals surface area contributed by atoms with Crippen LogP contribution in [-0.2, 0) is 0 Å². The van der Waals surface area contributed by atoms with Gasteiger partial charge in [0.05, 0.1) is 17.6 Å². The molecule has 0 spiro atoms. The predicted molar refractivity (Wildman–Crippen MR) is 76.6 cm³/mol. The van der Waals surface area contributed by atoms with Crippen LogP contribution in [0.25, 0.3) is 17.4 Å². The fraction of sp³-hybridized carbons (Fsp3) is 0.0667. The molecule has 1 heterocycles. The van der Waals surface area contributed by atoms with Gasteiger partial charge in [0.15, 0.2) is 0 Å². The van der Waals surface area contributed by atoms with Crippen LogP contribution in [-0.4, -0.2) is 12.0 Å². The van der Waals surface area contributed by atoms with E-state index in [0.29, 0.717) is 22.8 Å². The zero-order valence-electron chi connectivity index (χ0n) is 11.4. The van der Waals surface area contributed by atoms with Crippen LogP contribution >= 0.6 is 0 Å². The van der Waals surface area contributed by atoms with Gasteiger partial charge in [0, 0.05) is 18.2 Å². The molecule has 0 aliphatic carbocycles. The topological polar surface area (TPSA) is 113 Å². The smallest absolute Gasteiger partial charge is 0.270 e. The highest BCUT2D eigenvalue weighted by molar-refractivity contribution is 5.70. The Kier molecular flexibility index (Phi) is 4.21. The summed E-state index contributed by atoms with van der Waals surface area (Å²) in [5.74, 6) is 1.04. The van der Waals surface area contributed by atoms with Crippen LogP contribution < -0.4 is 4.74 Å². The summed E-state index contributed by atoms with van der Waals surface area (Å²) in [6, 6.07) is 10.7. The number of hydrogen-bond donors (Lipinski definition) is 0. The number of non-ortho nitro benzene ring substituents is 1. The third-order valence-corrected chi connectivity index (χ3v) is 2.81. The van der Waals surface area contributed by atoms with Crippen LogP contribution in [0.15, 0.2) is 40.3 Å². The number of benzene rings is 1. The second-order valence-electron chi connectivity index (χ2n) is 4.13. The number of allylic oxidation sites excluding steroid dienone is 1. The van der Waals surface area contributed by atoms with E-state index in [1.54, 1.807) is 24.3 Å². The van der Waals surface area contributed by atoms with E-state index in [-0.39, 0.29) is 11.3 Å². The van der Waals surface area contributed by atoms with Gasteiger partial charge < -0.3 is 9.15 Å². The average Bonchev–Trinajstić information content (AvgIpc) is 3.00. The molecule has 7 nitrogen and oxygen atoms in total. The SMILES string of the molecule is COc1ccc([N+](=O)[O-])cc1-c1ccc(C=C(C#N)C#N)o1. The lowest BCUT2D eigenvalue weighted by Crippen LogP contribution is -1.91. The van der Waals surface area contributed by atoms with Gasteiger partial charge in [-0.1, -0.05) is 0 Å². The number of nitrogens with zero attached hydrogens (tertiary/aromatic N) is 3. The normalized spacial score (nSPS) is 9.41. The first-order valence-electron chi connectivity index (χ1n) is 6.03. The minimum atomic E-state index is -0.518. The van der Waals surface area contributed by atoms with Crippen molar-refractivity contribution in [2.75, 3.05) is 7.11 Å². The Morgan fingerprint density at radius 1 is 1.32 bits per heavy atom. The first kappa shape index (κ1) is 14.8. The molecule has 0 aliphatic heterocycles. The molecular formula is C15H9N3O4. The molecule has 0 atom stereocenters. The highest BCUT2D eigenvalue weighted by Gasteiger charge is 2.15. The first-order chi connectivity index (χ1) is 10.6. The van der Waals surface area contributed by atoms with E-state index < -0.39 is 4.92 Å². The van der Waals surface area contributed by atoms with Gasteiger partial charge in [0.1, 0.15) is 35.0 Å². The Labute approximate surface area is 125 Å². The Morgan fingerprint density at radius 3 is 2.64 bits per heavy atom. The van der Waals surface area contributed by atoms with Gasteiger partial charge in [-0.05, 0) is 18.2 Å². The molecule has 2 aromatic rings. The largest absolute Gasteiger partial charge is 0.496 e. The lowest BCUT2D eigenvalue weighted by Gasteiger charge is -2.05. The van der Waals surface area contributed by atoms with E-state index in [1.165, 1.54) is 31.4 Å². The number of nitriles is 2. The Balaban J connectivity index is 2.49. The average molecular weight is 295 g/mol.